The minimum Gasteiger partial charge on any atom is -0.346 e. The largest absolute Gasteiger partial charge is 0.471 e. The maximum atomic E-state index is 11.8. The second-order valence-electron chi connectivity index (χ2n) is 3.62. The van der Waals surface area contributed by atoms with Crippen molar-refractivity contribution in [2.24, 2.45) is 5.92 Å². The van der Waals surface area contributed by atoms with E-state index in [2.05, 4.69) is 0 Å². The summed E-state index contributed by atoms with van der Waals surface area (Å²) < 4.78 is 35.5. The number of hydrogen-bond acceptors (Lipinski definition) is 1. The van der Waals surface area contributed by atoms with Gasteiger partial charge in [0.25, 0.3) is 0 Å². The van der Waals surface area contributed by atoms with E-state index < -0.39 is 18.1 Å². The van der Waals surface area contributed by atoms with E-state index in [0.29, 0.717) is 12.3 Å². The Morgan fingerprint density at radius 2 is 1.86 bits per heavy atom. The van der Waals surface area contributed by atoms with Gasteiger partial charge in [-0.25, -0.2) is 0 Å². The first-order chi connectivity index (χ1) is 6.27. The summed E-state index contributed by atoms with van der Waals surface area (Å²) in [6, 6.07) is -0.431. The van der Waals surface area contributed by atoms with Crippen LogP contribution in [0.3, 0.4) is 0 Å². The first kappa shape index (κ1) is 13.3. The van der Waals surface area contributed by atoms with Crippen LogP contribution in [0.2, 0.25) is 0 Å². The summed E-state index contributed by atoms with van der Waals surface area (Å²) in [6.45, 7) is 5.48. The van der Waals surface area contributed by atoms with Crippen molar-refractivity contribution >= 4 is 5.91 Å². The fraction of sp³-hybridized carbons (Fsp3) is 0.889. The smallest absolute Gasteiger partial charge is 0.346 e. The lowest BCUT2D eigenvalue weighted by Gasteiger charge is -2.18. The second kappa shape index (κ2) is 5.22. The van der Waals surface area contributed by atoms with Crippen LogP contribution < -0.4 is 5.32 Å². The standard InChI is InChI=1S/C9H16F3NO/c1-4-6(2)5-7(3)13-8(14)9(10,11)12/h6-7H,4-5H2,1-3H3,(H,13,14). The molecular formula is C9H16F3NO. The molecule has 0 heterocycles. The van der Waals surface area contributed by atoms with E-state index in [1.165, 1.54) is 0 Å². The summed E-state index contributed by atoms with van der Waals surface area (Å²) in [5.41, 5.74) is 0. The molecule has 0 spiro atoms. The Bertz CT molecular complexity index is 191. The van der Waals surface area contributed by atoms with Gasteiger partial charge in [0.15, 0.2) is 0 Å². The highest BCUT2D eigenvalue weighted by atomic mass is 19.4. The maximum Gasteiger partial charge on any atom is 0.471 e. The second-order valence-corrected chi connectivity index (χ2v) is 3.62. The Balaban J connectivity index is 3.95. The number of amides is 1. The van der Waals surface area contributed by atoms with Crippen LogP contribution >= 0.6 is 0 Å². The molecule has 0 aliphatic rings. The van der Waals surface area contributed by atoms with Gasteiger partial charge >= 0.3 is 12.1 Å². The number of carbonyl (C=O) groups is 1. The van der Waals surface area contributed by atoms with Crippen LogP contribution in [0.15, 0.2) is 0 Å². The van der Waals surface area contributed by atoms with Crippen LogP contribution in [-0.4, -0.2) is 18.1 Å². The molecule has 0 rings (SSSR count). The molecule has 0 aromatic rings. The number of alkyl halides is 3. The van der Waals surface area contributed by atoms with Gasteiger partial charge in [0.1, 0.15) is 0 Å². The summed E-state index contributed by atoms with van der Waals surface area (Å²) in [5.74, 6) is -1.54. The van der Waals surface area contributed by atoms with E-state index in [1.807, 2.05) is 19.2 Å². The van der Waals surface area contributed by atoms with Crippen LogP contribution in [0.5, 0.6) is 0 Å². The molecule has 0 aliphatic heterocycles. The van der Waals surface area contributed by atoms with Crippen molar-refractivity contribution < 1.29 is 18.0 Å². The van der Waals surface area contributed by atoms with Crippen LogP contribution in [0.1, 0.15) is 33.6 Å². The molecule has 0 aromatic heterocycles. The molecule has 2 nitrogen and oxygen atoms in total. The van der Waals surface area contributed by atoms with Crippen molar-refractivity contribution in [3.63, 3.8) is 0 Å². The molecule has 5 heteroatoms. The van der Waals surface area contributed by atoms with E-state index >= 15 is 0 Å². The highest BCUT2D eigenvalue weighted by Crippen LogP contribution is 2.16. The van der Waals surface area contributed by atoms with Gasteiger partial charge in [-0.15, -0.1) is 0 Å². The summed E-state index contributed by atoms with van der Waals surface area (Å²) in [6.07, 6.45) is -3.31. The van der Waals surface area contributed by atoms with Gasteiger partial charge in [-0.2, -0.15) is 13.2 Å². The molecule has 0 bridgehead atoms. The SMILES string of the molecule is CCC(C)CC(C)NC(=O)C(F)(F)F. The third-order valence-electron chi connectivity index (χ3n) is 2.09. The van der Waals surface area contributed by atoms with Gasteiger partial charge in [0, 0.05) is 6.04 Å². The van der Waals surface area contributed by atoms with Crippen molar-refractivity contribution in [3.8, 4) is 0 Å². The molecule has 2 unspecified atom stereocenters. The minimum atomic E-state index is -4.77. The lowest BCUT2D eigenvalue weighted by atomic mass is 10.0. The molecule has 0 aromatic carbocycles. The Morgan fingerprint density at radius 3 is 2.21 bits per heavy atom. The van der Waals surface area contributed by atoms with E-state index in [-0.39, 0.29) is 0 Å². The van der Waals surface area contributed by atoms with Crippen molar-refractivity contribution in [3.05, 3.63) is 0 Å². The number of hydrogen-bond donors (Lipinski definition) is 1. The fourth-order valence-electron chi connectivity index (χ4n) is 1.13. The van der Waals surface area contributed by atoms with Crippen molar-refractivity contribution in [1.29, 1.82) is 0 Å². The molecule has 0 saturated carbocycles. The highest BCUT2D eigenvalue weighted by molar-refractivity contribution is 5.81. The predicted octanol–water partition coefficient (Wildman–Crippen LogP) is 2.49. The summed E-state index contributed by atoms with van der Waals surface area (Å²) in [4.78, 5) is 10.5. The highest BCUT2D eigenvalue weighted by Gasteiger charge is 2.39. The van der Waals surface area contributed by atoms with E-state index in [0.717, 1.165) is 6.42 Å². The Kier molecular flexibility index (Phi) is 4.94. The first-order valence-electron chi connectivity index (χ1n) is 4.65. The van der Waals surface area contributed by atoms with Gasteiger partial charge < -0.3 is 5.32 Å². The van der Waals surface area contributed by atoms with Crippen molar-refractivity contribution in [2.75, 3.05) is 0 Å². The van der Waals surface area contributed by atoms with Gasteiger partial charge in [-0.1, -0.05) is 20.3 Å². The fourth-order valence-corrected chi connectivity index (χ4v) is 1.13. The van der Waals surface area contributed by atoms with Gasteiger partial charge in [0.2, 0.25) is 0 Å². The maximum absolute atomic E-state index is 11.8. The van der Waals surface area contributed by atoms with E-state index in [1.54, 1.807) is 6.92 Å². The molecule has 2 atom stereocenters. The average Bonchev–Trinajstić information content (AvgIpc) is 2.02. The van der Waals surface area contributed by atoms with Crippen LogP contribution in [0, 0.1) is 5.92 Å². The lowest BCUT2D eigenvalue weighted by Crippen LogP contribution is -2.42. The number of carbonyl (C=O) groups excluding carboxylic acids is 1. The molecule has 0 radical (unpaired) electrons. The molecule has 0 saturated heterocycles. The summed E-state index contributed by atoms with van der Waals surface area (Å²) >= 11 is 0. The monoisotopic (exact) mass is 211 g/mol. The third-order valence-corrected chi connectivity index (χ3v) is 2.09. The van der Waals surface area contributed by atoms with Gasteiger partial charge in [-0.3, -0.25) is 4.79 Å². The van der Waals surface area contributed by atoms with Crippen molar-refractivity contribution in [1.82, 2.24) is 5.32 Å². The Labute approximate surface area is 81.9 Å². The first-order valence-corrected chi connectivity index (χ1v) is 4.65. The Morgan fingerprint density at radius 1 is 1.36 bits per heavy atom. The average molecular weight is 211 g/mol. The van der Waals surface area contributed by atoms with Gasteiger partial charge in [-0.05, 0) is 19.3 Å². The molecule has 84 valence electrons. The quantitative estimate of drug-likeness (QED) is 0.760. The zero-order valence-electron chi connectivity index (χ0n) is 8.61. The number of nitrogens with one attached hydrogen (secondary N) is 1. The summed E-state index contributed by atoms with van der Waals surface area (Å²) in [7, 11) is 0. The zero-order chi connectivity index (χ0) is 11.4. The van der Waals surface area contributed by atoms with E-state index in [4.69, 9.17) is 0 Å². The normalized spacial score (nSPS) is 16.1. The molecule has 14 heavy (non-hydrogen) atoms. The molecule has 0 aliphatic carbocycles. The summed E-state index contributed by atoms with van der Waals surface area (Å²) in [5, 5.41) is 1.92. The number of rotatable bonds is 4. The molecule has 1 amide bonds. The van der Waals surface area contributed by atoms with Crippen molar-refractivity contribution in [2.45, 2.75) is 45.8 Å². The third kappa shape index (κ3) is 5.09. The molecule has 1 N–H and O–H groups in total. The number of halogens is 3. The van der Waals surface area contributed by atoms with E-state index in [9.17, 15) is 18.0 Å². The minimum absolute atomic E-state index is 0.318. The molecule has 0 fully saturated rings. The lowest BCUT2D eigenvalue weighted by molar-refractivity contribution is -0.174. The van der Waals surface area contributed by atoms with Crippen LogP contribution in [-0.2, 0) is 4.79 Å². The topological polar surface area (TPSA) is 29.1 Å². The zero-order valence-corrected chi connectivity index (χ0v) is 8.61. The Hall–Kier alpha value is -0.740. The molecular weight excluding hydrogens is 195 g/mol. The van der Waals surface area contributed by atoms with Crippen LogP contribution in [0.4, 0.5) is 13.2 Å². The van der Waals surface area contributed by atoms with Gasteiger partial charge in [0.05, 0.1) is 0 Å². The van der Waals surface area contributed by atoms with Crippen LogP contribution in [0.25, 0.3) is 0 Å². The predicted molar refractivity (Wildman–Crippen MR) is 47.7 cm³/mol.